The molecule has 0 aromatic heterocycles. The summed E-state index contributed by atoms with van der Waals surface area (Å²) in [6, 6.07) is 8.87. The number of imide groups is 1. The number of anilines is 1. The Morgan fingerprint density at radius 2 is 1.96 bits per heavy atom. The van der Waals surface area contributed by atoms with Crippen molar-refractivity contribution in [2.24, 2.45) is 0 Å². The van der Waals surface area contributed by atoms with Crippen LogP contribution in [0.3, 0.4) is 0 Å². The van der Waals surface area contributed by atoms with Crippen molar-refractivity contribution in [1.82, 2.24) is 10.2 Å². The Morgan fingerprint density at radius 1 is 1.30 bits per heavy atom. The summed E-state index contributed by atoms with van der Waals surface area (Å²) in [4.78, 5) is 37.1. The summed E-state index contributed by atoms with van der Waals surface area (Å²) in [7, 11) is 0. The zero-order valence-corrected chi connectivity index (χ0v) is 14.3. The van der Waals surface area contributed by atoms with Gasteiger partial charge in [0.15, 0.2) is 0 Å². The number of benzene rings is 1. The van der Waals surface area contributed by atoms with Gasteiger partial charge in [0.1, 0.15) is 5.54 Å². The van der Waals surface area contributed by atoms with Crippen molar-refractivity contribution in [3.05, 3.63) is 30.3 Å². The van der Waals surface area contributed by atoms with Crippen LogP contribution in [0.15, 0.2) is 30.3 Å². The number of hydrogen-bond donors (Lipinski definition) is 2. The van der Waals surface area contributed by atoms with Gasteiger partial charge in [-0.3, -0.25) is 14.5 Å². The average Bonchev–Trinajstić information content (AvgIpc) is 2.69. The molecule has 0 saturated carbocycles. The third kappa shape index (κ3) is 4.25. The van der Waals surface area contributed by atoms with Crippen molar-refractivity contribution in [2.75, 3.05) is 17.6 Å². The number of thioether (sulfide) groups is 1. The van der Waals surface area contributed by atoms with Crippen LogP contribution in [0.2, 0.25) is 0 Å². The molecule has 1 fully saturated rings. The molecule has 1 unspecified atom stereocenters. The van der Waals surface area contributed by atoms with Crippen molar-refractivity contribution in [2.45, 2.75) is 31.6 Å². The lowest BCUT2D eigenvalue weighted by molar-refractivity contribution is -0.130. The highest BCUT2D eigenvalue weighted by Crippen LogP contribution is 2.19. The monoisotopic (exact) mass is 335 g/mol. The van der Waals surface area contributed by atoms with Gasteiger partial charge in [-0.2, -0.15) is 0 Å². The summed E-state index contributed by atoms with van der Waals surface area (Å²) >= 11 is 1.41. The smallest absolute Gasteiger partial charge is 0.325 e. The van der Waals surface area contributed by atoms with E-state index in [1.807, 2.05) is 30.3 Å². The molecule has 1 heterocycles. The molecule has 1 saturated heterocycles. The van der Waals surface area contributed by atoms with E-state index in [0.717, 1.165) is 5.69 Å². The number of nitrogens with one attached hydrogen (secondary N) is 2. The molecule has 124 valence electrons. The number of urea groups is 1. The van der Waals surface area contributed by atoms with E-state index in [4.69, 9.17) is 0 Å². The molecule has 4 amide bonds. The van der Waals surface area contributed by atoms with Gasteiger partial charge < -0.3 is 10.6 Å². The molecule has 1 aromatic rings. The van der Waals surface area contributed by atoms with Gasteiger partial charge in [0, 0.05) is 18.0 Å². The Bertz CT molecular complexity index is 604. The number of hydrogen-bond acceptors (Lipinski definition) is 4. The largest absolute Gasteiger partial charge is 0.325 e. The van der Waals surface area contributed by atoms with Crippen LogP contribution < -0.4 is 10.6 Å². The first kappa shape index (κ1) is 17.3. The van der Waals surface area contributed by atoms with E-state index in [2.05, 4.69) is 10.6 Å². The van der Waals surface area contributed by atoms with Crippen LogP contribution in [-0.4, -0.2) is 45.8 Å². The lowest BCUT2D eigenvalue weighted by Gasteiger charge is -2.17. The number of para-hydroxylation sites is 1. The molecule has 2 N–H and O–H groups in total. The minimum Gasteiger partial charge on any atom is -0.325 e. The molecule has 2 rings (SSSR count). The van der Waals surface area contributed by atoms with Gasteiger partial charge in [0.05, 0.1) is 5.25 Å². The van der Waals surface area contributed by atoms with Gasteiger partial charge in [-0.15, -0.1) is 11.8 Å². The first-order chi connectivity index (χ1) is 10.8. The fraction of sp³-hybridized carbons (Fsp3) is 0.438. The summed E-state index contributed by atoms with van der Waals surface area (Å²) in [5.41, 5.74) is -0.0984. The Kier molecular flexibility index (Phi) is 5.30. The van der Waals surface area contributed by atoms with E-state index in [1.165, 1.54) is 16.7 Å². The molecule has 23 heavy (non-hydrogen) atoms. The van der Waals surface area contributed by atoms with Crippen LogP contribution in [0.4, 0.5) is 10.5 Å². The molecule has 7 heteroatoms. The summed E-state index contributed by atoms with van der Waals surface area (Å²) in [6.07, 6.45) is 0. The topological polar surface area (TPSA) is 78.5 Å². The molecule has 0 radical (unpaired) electrons. The highest BCUT2D eigenvalue weighted by molar-refractivity contribution is 8.00. The molecule has 1 aliphatic heterocycles. The highest BCUT2D eigenvalue weighted by Gasteiger charge is 2.43. The minimum atomic E-state index is -0.849. The van der Waals surface area contributed by atoms with Crippen LogP contribution in [-0.2, 0) is 9.59 Å². The maximum Gasteiger partial charge on any atom is 0.325 e. The van der Waals surface area contributed by atoms with Gasteiger partial charge in [-0.1, -0.05) is 18.2 Å². The summed E-state index contributed by atoms with van der Waals surface area (Å²) in [5.74, 6) is 0.182. The summed E-state index contributed by atoms with van der Waals surface area (Å²) in [6.45, 7) is 5.45. The molecular formula is C16H21N3O3S. The number of amides is 4. The van der Waals surface area contributed by atoms with Gasteiger partial charge in [0.25, 0.3) is 5.91 Å². The third-order valence-corrected chi connectivity index (χ3v) is 4.67. The highest BCUT2D eigenvalue weighted by atomic mass is 32.2. The molecular weight excluding hydrogens is 314 g/mol. The Balaban J connectivity index is 1.79. The predicted molar refractivity (Wildman–Crippen MR) is 91.3 cm³/mol. The molecule has 1 aromatic carbocycles. The molecule has 0 spiro atoms. The first-order valence-corrected chi connectivity index (χ1v) is 8.48. The van der Waals surface area contributed by atoms with Gasteiger partial charge in [0.2, 0.25) is 5.91 Å². The molecule has 6 nitrogen and oxygen atoms in total. The van der Waals surface area contributed by atoms with Crippen molar-refractivity contribution in [1.29, 1.82) is 0 Å². The third-order valence-electron chi connectivity index (χ3n) is 3.54. The fourth-order valence-corrected chi connectivity index (χ4v) is 3.03. The number of carbonyl (C=O) groups excluding carboxylic acids is 3. The maximum atomic E-state index is 12.1. The van der Waals surface area contributed by atoms with Crippen LogP contribution >= 0.6 is 11.8 Å². The molecule has 1 aliphatic rings. The standard InChI is InChI=1S/C16H21N3O3S/c1-11(13(20)17-12-7-5-4-6-8-12)23-10-9-19-14(21)16(2,3)18-15(19)22/h4-8,11H,9-10H2,1-3H3,(H,17,20)(H,18,22). The van der Waals surface area contributed by atoms with Crippen molar-refractivity contribution in [3.63, 3.8) is 0 Å². The zero-order valence-electron chi connectivity index (χ0n) is 13.5. The lowest BCUT2D eigenvalue weighted by Crippen LogP contribution is -2.40. The SMILES string of the molecule is CC(SCCN1C(=O)NC(C)(C)C1=O)C(=O)Nc1ccccc1. The van der Waals surface area contributed by atoms with Crippen molar-refractivity contribution in [3.8, 4) is 0 Å². The Morgan fingerprint density at radius 3 is 2.52 bits per heavy atom. The van der Waals surface area contributed by atoms with E-state index in [0.29, 0.717) is 12.3 Å². The van der Waals surface area contributed by atoms with Gasteiger partial charge in [-0.25, -0.2) is 4.79 Å². The molecule has 0 bridgehead atoms. The number of nitrogens with zero attached hydrogens (tertiary/aromatic N) is 1. The van der Waals surface area contributed by atoms with Crippen molar-refractivity contribution < 1.29 is 14.4 Å². The van der Waals surface area contributed by atoms with E-state index in [-0.39, 0.29) is 23.1 Å². The molecule has 0 aliphatic carbocycles. The Hall–Kier alpha value is -2.02. The summed E-state index contributed by atoms with van der Waals surface area (Å²) < 4.78 is 0. The number of carbonyl (C=O) groups is 3. The van der Waals surface area contributed by atoms with Crippen molar-refractivity contribution >= 4 is 35.3 Å². The lowest BCUT2D eigenvalue weighted by atomic mass is 10.1. The van der Waals surface area contributed by atoms with Gasteiger partial charge >= 0.3 is 6.03 Å². The number of rotatable bonds is 6. The van der Waals surface area contributed by atoms with E-state index in [1.54, 1.807) is 20.8 Å². The van der Waals surface area contributed by atoms with E-state index < -0.39 is 5.54 Å². The van der Waals surface area contributed by atoms with Gasteiger partial charge in [-0.05, 0) is 32.9 Å². The molecule has 1 atom stereocenters. The second kappa shape index (κ2) is 7.04. The second-order valence-electron chi connectivity index (χ2n) is 5.88. The van der Waals surface area contributed by atoms with E-state index >= 15 is 0 Å². The zero-order chi connectivity index (χ0) is 17.0. The average molecular weight is 335 g/mol. The van der Waals surface area contributed by atoms with Crippen LogP contribution in [0, 0.1) is 0 Å². The second-order valence-corrected chi connectivity index (χ2v) is 7.33. The quantitative estimate of drug-likeness (QED) is 0.780. The normalized spacial score (nSPS) is 17.8. The van der Waals surface area contributed by atoms with E-state index in [9.17, 15) is 14.4 Å². The predicted octanol–water partition coefficient (Wildman–Crippen LogP) is 2.08. The minimum absolute atomic E-state index is 0.0984. The Labute approximate surface area is 140 Å². The fourth-order valence-electron chi connectivity index (χ4n) is 2.18. The first-order valence-electron chi connectivity index (χ1n) is 7.43. The van der Waals surface area contributed by atoms with Crippen LogP contribution in [0.1, 0.15) is 20.8 Å². The van der Waals surface area contributed by atoms with Crippen LogP contribution in [0.5, 0.6) is 0 Å². The maximum absolute atomic E-state index is 12.1. The van der Waals surface area contributed by atoms with Crippen LogP contribution in [0.25, 0.3) is 0 Å². The summed E-state index contributed by atoms with van der Waals surface area (Å²) in [5, 5.41) is 5.19.